The number of benzene rings is 3. The van der Waals surface area contributed by atoms with Gasteiger partial charge in [0.15, 0.2) is 6.79 Å². The number of hydrogen-bond acceptors (Lipinski definition) is 5. The minimum absolute atomic E-state index is 0.161. The van der Waals surface area contributed by atoms with Crippen molar-refractivity contribution >= 4 is 32.6 Å². The van der Waals surface area contributed by atoms with Gasteiger partial charge in [0.2, 0.25) is 0 Å². The van der Waals surface area contributed by atoms with Gasteiger partial charge in [0.1, 0.15) is 0 Å². The SMILES string of the molecule is CCOCOc1ccc2nc(NC(=O)c3ccc([I-]c4ccccc4)cc3)sc2c1. The molecule has 5 nitrogen and oxygen atoms in total. The zero-order valence-electron chi connectivity index (χ0n) is 16.3. The molecule has 4 aromatic rings. The zero-order valence-corrected chi connectivity index (χ0v) is 19.3. The number of nitrogens with one attached hydrogen (secondary N) is 1. The fraction of sp³-hybridized carbons (Fsp3) is 0.130. The number of halogens is 1. The number of hydrogen-bond donors (Lipinski definition) is 1. The second-order valence-corrected chi connectivity index (χ2v) is 10.3. The summed E-state index contributed by atoms with van der Waals surface area (Å²) >= 11 is 1.18. The number of fused-ring (bicyclic) bond motifs is 1. The van der Waals surface area contributed by atoms with Gasteiger partial charge in [0.25, 0.3) is 0 Å². The van der Waals surface area contributed by atoms with Crippen molar-refractivity contribution in [2.75, 3.05) is 18.7 Å². The van der Waals surface area contributed by atoms with Crippen LogP contribution in [0.1, 0.15) is 17.3 Å². The molecule has 0 bridgehead atoms. The molecular weight excluding hydrogens is 511 g/mol. The van der Waals surface area contributed by atoms with Crippen molar-refractivity contribution in [2.45, 2.75) is 6.92 Å². The molecule has 0 saturated heterocycles. The predicted octanol–water partition coefficient (Wildman–Crippen LogP) is 2.05. The van der Waals surface area contributed by atoms with E-state index in [0.29, 0.717) is 17.3 Å². The molecule has 0 aliphatic heterocycles. The van der Waals surface area contributed by atoms with Crippen LogP contribution in [-0.4, -0.2) is 24.3 Å². The van der Waals surface area contributed by atoms with Crippen LogP contribution in [0.15, 0.2) is 72.8 Å². The van der Waals surface area contributed by atoms with E-state index in [4.69, 9.17) is 9.47 Å². The molecule has 7 heteroatoms. The summed E-state index contributed by atoms with van der Waals surface area (Å²) in [6.45, 7) is 2.74. The molecule has 1 amide bonds. The van der Waals surface area contributed by atoms with Gasteiger partial charge in [0.05, 0.1) is 0 Å². The fourth-order valence-electron chi connectivity index (χ4n) is 2.68. The Morgan fingerprint density at radius 3 is 2.57 bits per heavy atom. The Balaban J connectivity index is 1.41. The van der Waals surface area contributed by atoms with Crippen molar-refractivity contribution in [1.82, 2.24) is 4.98 Å². The topological polar surface area (TPSA) is 60.5 Å². The predicted molar refractivity (Wildman–Crippen MR) is 115 cm³/mol. The third-order valence-electron chi connectivity index (χ3n) is 4.15. The van der Waals surface area contributed by atoms with Crippen molar-refractivity contribution in [2.24, 2.45) is 0 Å². The molecule has 0 aliphatic carbocycles. The summed E-state index contributed by atoms with van der Waals surface area (Å²) in [6.07, 6.45) is 0. The minimum atomic E-state index is -0.239. The average molecular weight is 531 g/mol. The van der Waals surface area contributed by atoms with Crippen LogP contribution in [0.5, 0.6) is 5.75 Å². The van der Waals surface area contributed by atoms with Crippen molar-refractivity contribution < 1.29 is 35.5 Å². The summed E-state index contributed by atoms with van der Waals surface area (Å²) in [7, 11) is 0. The van der Waals surface area contributed by atoms with Crippen molar-refractivity contribution in [3.05, 3.63) is 85.5 Å². The molecule has 1 aromatic heterocycles. The number of thiazole rings is 1. The number of carbonyl (C=O) groups is 1. The fourth-order valence-corrected chi connectivity index (χ4v) is 5.78. The van der Waals surface area contributed by atoms with Crippen LogP contribution in [-0.2, 0) is 4.74 Å². The van der Waals surface area contributed by atoms with E-state index >= 15 is 0 Å². The molecule has 154 valence electrons. The van der Waals surface area contributed by atoms with Gasteiger partial charge < -0.3 is 4.74 Å². The van der Waals surface area contributed by atoms with E-state index in [0.717, 1.165) is 16.0 Å². The molecule has 30 heavy (non-hydrogen) atoms. The normalized spacial score (nSPS) is 11.0. The van der Waals surface area contributed by atoms with Gasteiger partial charge >= 0.3 is 165 Å². The first-order chi connectivity index (χ1) is 14.7. The number of aromatic nitrogens is 1. The third-order valence-corrected chi connectivity index (χ3v) is 7.77. The average Bonchev–Trinajstić information content (AvgIpc) is 3.16. The third kappa shape index (κ3) is 5.35. The quantitative estimate of drug-likeness (QED) is 0.215. The van der Waals surface area contributed by atoms with Gasteiger partial charge in [0, 0.05) is 6.61 Å². The summed E-state index contributed by atoms with van der Waals surface area (Å²) < 4.78 is 14.3. The Morgan fingerprint density at radius 2 is 1.80 bits per heavy atom. The van der Waals surface area contributed by atoms with E-state index in [-0.39, 0.29) is 33.9 Å². The number of amides is 1. The van der Waals surface area contributed by atoms with E-state index in [2.05, 4.69) is 34.6 Å². The molecule has 4 rings (SSSR count). The Hall–Kier alpha value is -2.49. The molecule has 0 spiro atoms. The standard InChI is InChI=1S/C23H20IN2O3S/c1-2-28-15-29-19-12-13-20-21(14-19)30-23(25-20)26-22(27)16-8-10-18(11-9-16)24-17-6-4-3-5-7-17/h3-14H,2,15H2,1H3,(H,25,26,27)/q-1. The number of ether oxygens (including phenoxy) is 2. The van der Waals surface area contributed by atoms with E-state index < -0.39 is 0 Å². The molecule has 0 fully saturated rings. The first-order valence-corrected chi connectivity index (χ1v) is 12.4. The summed E-state index contributed by atoms with van der Waals surface area (Å²) in [4.78, 5) is 17.1. The second-order valence-electron chi connectivity index (χ2n) is 6.25. The maximum absolute atomic E-state index is 12.6. The first kappa shape index (κ1) is 20.8. The second kappa shape index (κ2) is 10.0. The molecule has 0 atom stereocenters. The summed E-state index contributed by atoms with van der Waals surface area (Å²) in [5, 5.41) is 3.47. The van der Waals surface area contributed by atoms with E-state index in [9.17, 15) is 4.79 Å². The molecule has 0 unspecified atom stereocenters. The van der Waals surface area contributed by atoms with Gasteiger partial charge in [-0.15, -0.1) is 0 Å². The number of nitrogens with zero attached hydrogens (tertiary/aromatic N) is 1. The van der Waals surface area contributed by atoms with Crippen LogP contribution in [0.2, 0.25) is 0 Å². The Kier molecular flexibility index (Phi) is 6.93. The summed E-state index contributed by atoms with van der Waals surface area (Å²) in [5.41, 5.74) is 1.44. The van der Waals surface area contributed by atoms with Crippen LogP contribution in [0, 0.1) is 7.14 Å². The van der Waals surface area contributed by atoms with E-state index in [1.54, 1.807) is 0 Å². The molecule has 3 aromatic carbocycles. The molecular formula is C23H20IN2O3S-. The van der Waals surface area contributed by atoms with Gasteiger partial charge in [-0.3, -0.25) is 0 Å². The Morgan fingerprint density at radius 1 is 1.03 bits per heavy atom. The molecule has 0 radical (unpaired) electrons. The van der Waals surface area contributed by atoms with Crippen molar-refractivity contribution in [3.8, 4) is 5.75 Å². The van der Waals surface area contributed by atoms with Gasteiger partial charge in [-0.1, -0.05) is 0 Å². The van der Waals surface area contributed by atoms with Gasteiger partial charge in [-0.05, 0) is 6.92 Å². The summed E-state index contributed by atoms with van der Waals surface area (Å²) in [6, 6.07) is 23.9. The van der Waals surface area contributed by atoms with Gasteiger partial charge in [-0.25, -0.2) is 0 Å². The number of rotatable bonds is 8. The zero-order chi connectivity index (χ0) is 20.8. The summed E-state index contributed by atoms with van der Waals surface area (Å²) in [5.74, 6) is 0.557. The van der Waals surface area contributed by atoms with Gasteiger partial charge in [-0.2, -0.15) is 0 Å². The Labute approximate surface area is 189 Å². The Bertz CT molecular complexity index is 1130. The van der Waals surface area contributed by atoms with Crippen molar-refractivity contribution in [1.29, 1.82) is 0 Å². The van der Waals surface area contributed by atoms with Crippen LogP contribution in [0.25, 0.3) is 10.2 Å². The molecule has 0 saturated carbocycles. The van der Waals surface area contributed by atoms with E-state index in [1.165, 1.54) is 18.5 Å². The maximum atomic E-state index is 12.6. The number of anilines is 1. The monoisotopic (exact) mass is 531 g/mol. The van der Waals surface area contributed by atoms with E-state index in [1.807, 2.05) is 55.5 Å². The van der Waals surface area contributed by atoms with Crippen LogP contribution >= 0.6 is 11.3 Å². The van der Waals surface area contributed by atoms with Crippen LogP contribution in [0.3, 0.4) is 0 Å². The van der Waals surface area contributed by atoms with Crippen LogP contribution in [0.4, 0.5) is 5.13 Å². The molecule has 0 aliphatic rings. The first-order valence-electron chi connectivity index (χ1n) is 9.43. The molecule has 1 N–H and O–H groups in total. The number of carbonyl (C=O) groups excluding carboxylic acids is 1. The van der Waals surface area contributed by atoms with Crippen LogP contribution < -0.4 is 31.3 Å². The molecule has 1 heterocycles. The van der Waals surface area contributed by atoms with Crippen molar-refractivity contribution in [3.63, 3.8) is 0 Å².